The lowest BCUT2D eigenvalue weighted by molar-refractivity contribution is 0.162. The maximum absolute atomic E-state index is 14.5. The minimum atomic E-state index is -2.51. The Kier molecular flexibility index (Phi) is 6.25. The fourth-order valence-electron chi connectivity index (χ4n) is 6.66. The van der Waals surface area contributed by atoms with Crippen LogP contribution in [-0.4, -0.2) is 17.0 Å². The van der Waals surface area contributed by atoms with Gasteiger partial charge >= 0.3 is 0 Å². The Bertz CT molecular complexity index is 657. The van der Waals surface area contributed by atoms with Crippen LogP contribution < -0.4 is 5.30 Å². The van der Waals surface area contributed by atoms with Crippen molar-refractivity contribution in [3.05, 3.63) is 30.3 Å². The maximum atomic E-state index is 14.5. The molecule has 1 heterocycles. The van der Waals surface area contributed by atoms with Gasteiger partial charge < -0.3 is 4.57 Å². The largest absolute Gasteiger partial charge is 0.318 e. The zero-order valence-corrected chi connectivity index (χ0v) is 18.3. The molecule has 2 nitrogen and oxygen atoms in total. The highest BCUT2D eigenvalue weighted by atomic mass is 31.2. The third-order valence-corrected chi connectivity index (χ3v) is 13.3. The topological polar surface area (TPSA) is 34.1 Å². The Labute approximate surface area is 166 Å². The molecule has 2 unspecified atom stereocenters. The summed E-state index contributed by atoms with van der Waals surface area (Å²) in [6.45, 7) is 0. The summed E-state index contributed by atoms with van der Waals surface area (Å²) in [7, 11) is -2.21. The fourth-order valence-corrected chi connectivity index (χ4v) is 12.4. The van der Waals surface area contributed by atoms with Crippen LogP contribution in [0.1, 0.15) is 77.0 Å². The summed E-state index contributed by atoms with van der Waals surface area (Å²) in [4.78, 5) is 0. The molecular weight excluding hydrogens is 370 g/mol. The van der Waals surface area contributed by atoms with Crippen molar-refractivity contribution in [1.82, 2.24) is 0 Å². The minimum Gasteiger partial charge on any atom is -0.318 e. The van der Waals surface area contributed by atoms with Crippen LogP contribution in [0, 0.1) is 11.8 Å². The average molecular weight is 404 g/mol. The first-order valence-electron chi connectivity index (χ1n) is 11.2. The average Bonchev–Trinajstić information content (AvgIpc) is 3.15. The Morgan fingerprint density at radius 3 is 1.85 bits per heavy atom. The van der Waals surface area contributed by atoms with Crippen LogP contribution in [0.3, 0.4) is 0 Å². The van der Waals surface area contributed by atoms with Crippen molar-refractivity contribution in [3.63, 3.8) is 0 Å². The summed E-state index contributed by atoms with van der Waals surface area (Å²) in [5, 5.41) is 0.801. The van der Waals surface area contributed by atoms with Gasteiger partial charge in [0.05, 0.1) is 5.16 Å². The smallest absolute Gasteiger partial charge is 0.163 e. The first-order chi connectivity index (χ1) is 13.2. The van der Waals surface area contributed by atoms with E-state index in [0.717, 1.165) is 24.3 Å². The summed E-state index contributed by atoms with van der Waals surface area (Å²) >= 11 is 0. The summed E-state index contributed by atoms with van der Waals surface area (Å²) in [6.07, 6.45) is 15.3. The van der Waals surface area contributed by atoms with Gasteiger partial charge in [-0.25, -0.2) is 0 Å². The van der Waals surface area contributed by atoms with Gasteiger partial charge in [-0.2, -0.15) is 0 Å². The lowest BCUT2D eigenvalue weighted by Gasteiger charge is -2.49. The third kappa shape index (κ3) is 3.51. The molecule has 2 saturated carbocycles. The summed E-state index contributed by atoms with van der Waals surface area (Å²) in [5.41, 5.74) is 0.123. The molecule has 4 rings (SSSR count). The second-order valence-electron chi connectivity index (χ2n) is 9.16. The quantitative estimate of drug-likeness (QED) is 0.494. The van der Waals surface area contributed by atoms with E-state index in [2.05, 4.69) is 12.1 Å². The Morgan fingerprint density at radius 1 is 0.778 bits per heavy atom. The van der Waals surface area contributed by atoms with Gasteiger partial charge in [0.2, 0.25) is 0 Å². The van der Waals surface area contributed by atoms with Gasteiger partial charge in [0.1, 0.15) is 7.14 Å². The van der Waals surface area contributed by atoms with Crippen molar-refractivity contribution < 1.29 is 9.13 Å². The Morgan fingerprint density at radius 2 is 1.33 bits per heavy atom. The van der Waals surface area contributed by atoms with E-state index in [0.29, 0.717) is 20.3 Å². The highest BCUT2D eigenvalue weighted by molar-refractivity contribution is 7.73. The highest BCUT2D eigenvalue weighted by Gasteiger charge is 2.59. The maximum Gasteiger partial charge on any atom is 0.163 e. The molecule has 1 saturated heterocycles. The first kappa shape index (κ1) is 19.8. The molecule has 1 aliphatic heterocycles. The second kappa shape index (κ2) is 8.51. The van der Waals surface area contributed by atoms with Crippen LogP contribution in [0.25, 0.3) is 0 Å². The molecule has 2 atom stereocenters. The molecule has 0 spiro atoms. The SMILES string of the molecule is O=PC(C1CCCCC1)(C1CCCCC1)C1CCCP1(=O)c1ccccc1. The molecule has 3 fully saturated rings. The minimum absolute atomic E-state index is 0.123. The van der Waals surface area contributed by atoms with Crippen molar-refractivity contribution in [1.29, 1.82) is 0 Å². The van der Waals surface area contributed by atoms with E-state index in [1.807, 2.05) is 18.2 Å². The Hall–Kier alpha value is -0.450. The van der Waals surface area contributed by atoms with E-state index in [4.69, 9.17) is 0 Å². The molecule has 0 amide bonds. The first-order valence-corrected chi connectivity index (χ1v) is 14.0. The molecule has 1 aromatic rings. The fraction of sp³-hybridized carbons (Fsp3) is 0.739. The summed E-state index contributed by atoms with van der Waals surface area (Å²) in [5.74, 6) is 0.988. The van der Waals surface area contributed by atoms with Crippen molar-refractivity contribution in [2.75, 3.05) is 6.16 Å². The molecule has 0 radical (unpaired) electrons. The summed E-state index contributed by atoms with van der Waals surface area (Å²) < 4.78 is 27.6. The standard InChI is InChI=1S/C23H34O2P2/c24-26-23(19-11-4-1-5-12-19,20-13-6-2-7-14-20)22-17-10-18-27(22,25)21-15-8-3-9-16-21/h3,8-9,15-16,19-20,22H,1-2,4-7,10-14,17-18H2. The van der Waals surface area contributed by atoms with Crippen LogP contribution in [0.5, 0.6) is 0 Å². The van der Waals surface area contributed by atoms with Crippen LogP contribution in [0.4, 0.5) is 0 Å². The van der Waals surface area contributed by atoms with Crippen molar-refractivity contribution in [3.8, 4) is 0 Å². The van der Waals surface area contributed by atoms with Gasteiger partial charge in [0.25, 0.3) is 0 Å². The van der Waals surface area contributed by atoms with E-state index in [1.54, 1.807) is 0 Å². The lowest BCUT2D eigenvalue weighted by Crippen LogP contribution is -2.51. The van der Waals surface area contributed by atoms with Crippen molar-refractivity contribution in [2.24, 2.45) is 11.8 Å². The number of rotatable bonds is 5. The number of hydrogen-bond acceptors (Lipinski definition) is 2. The number of benzene rings is 1. The molecular formula is C23H34O2P2. The molecule has 3 aliphatic rings. The van der Waals surface area contributed by atoms with Gasteiger partial charge in [-0.3, -0.25) is 4.57 Å². The predicted octanol–water partition coefficient (Wildman–Crippen LogP) is 7.03. The molecule has 0 bridgehead atoms. The van der Waals surface area contributed by atoms with E-state index in [9.17, 15) is 9.13 Å². The molecule has 148 valence electrons. The van der Waals surface area contributed by atoms with Gasteiger partial charge in [-0.05, 0) is 50.4 Å². The molecule has 0 N–H and O–H groups in total. The zero-order valence-electron chi connectivity index (χ0n) is 16.5. The van der Waals surface area contributed by atoms with Crippen molar-refractivity contribution in [2.45, 2.75) is 87.9 Å². The highest BCUT2D eigenvalue weighted by Crippen LogP contribution is 2.68. The van der Waals surface area contributed by atoms with E-state index in [-0.39, 0.29) is 10.8 Å². The van der Waals surface area contributed by atoms with Crippen LogP contribution >= 0.6 is 15.6 Å². The molecule has 27 heavy (non-hydrogen) atoms. The normalized spacial score (nSPS) is 31.3. The second-order valence-corrected chi connectivity index (χ2v) is 13.3. The molecule has 4 heteroatoms. The van der Waals surface area contributed by atoms with E-state index >= 15 is 0 Å². The van der Waals surface area contributed by atoms with Crippen molar-refractivity contribution >= 4 is 20.9 Å². The van der Waals surface area contributed by atoms with Gasteiger partial charge in [0, 0.05) is 17.1 Å². The monoisotopic (exact) mass is 404 g/mol. The van der Waals surface area contributed by atoms with Crippen LogP contribution in [0.15, 0.2) is 30.3 Å². The molecule has 2 aliphatic carbocycles. The summed E-state index contributed by atoms with van der Waals surface area (Å²) in [6, 6.07) is 10.2. The van der Waals surface area contributed by atoms with Gasteiger partial charge in [-0.1, -0.05) is 68.9 Å². The Balaban J connectivity index is 1.79. The lowest BCUT2D eigenvalue weighted by atomic mass is 9.67. The van der Waals surface area contributed by atoms with Crippen LogP contribution in [0.2, 0.25) is 0 Å². The van der Waals surface area contributed by atoms with Gasteiger partial charge in [0.15, 0.2) is 8.46 Å². The van der Waals surface area contributed by atoms with E-state index < -0.39 is 7.14 Å². The van der Waals surface area contributed by atoms with E-state index in [1.165, 1.54) is 64.2 Å². The van der Waals surface area contributed by atoms with Gasteiger partial charge in [-0.15, -0.1) is 0 Å². The molecule has 1 aromatic carbocycles. The molecule has 0 aromatic heterocycles. The zero-order chi connectivity index (χ0) is 18.7. The number of hydrogen-bond donors (Lipinski definition) is 0. The predicted molar refractivity (Wildman–Crippen MR) is 115 cm³/mol. The van der Waals surface area contributed by atoms with Crippen LogP contribution in [-0.2, 0) is 9.13 Å². The third-order valence-electron chi connectivity index (χ3n) is 7.87.